The maximum Gasteiger partial charge on any atom is 0.335 e. The van der Waals surface area contributed by atoms with Gasteiger partial charge in [-0.2, -0.15) is 5.26 Å². The predicted octanol–water partition coefficient (Wildman–Crippen LogP) is 1.89. The number of carbonyl (C=O) groups excluding carboxylic acids is 1. The zero-order valence-corrected chi connectivity index (χ0v) is 10.6. The van der Waals surface area contributed by atoms with Crippen LogP contribution in [0.15, 0.2) is 18.2 Å². The van der Waals surface area contributed by atoms with Crippen LogP contribution in [0.1, 0.15) is 15.9 Å². The van der Waals surface area contributed by atoms with Gasteiger partial charge in [0.2, 0.25) is 5.91 Å². The smallest absolute Gasteiger partial charge is 0.335 e. The monoisotopic (exact) mass is 264 g/mol. The molecule has 1 rings (SSSR count). The number of carboxylic acids is 1. The van der Waals surface area contributed by atoms with Crippen molar-refractivity contribution in [2.75, 3.05) is 16.8 Å². The van der Waals surface area contributed by atoms with Crippen LogP contribution in [0.5, 0.6) is 0 Å². The van der Waals surface area contributed by atoms with Gasteiger partial charge in [-0.05, 0) is 30.7 Å². The Bertz CT molecular complexity index is 509. The summed E-state index contributed by atoms with van der Waals surface area (Å²) < 4.78 is 0. The lowest BCUT2D eigenvalue weighted by atomic mass is 10.1. The van der Waals surface area contributed by atoms with Crippen LogP contribution in [0.3, 0.4) is 0 Å². The molecule has 0 spiro atoms. The standard InChI is InChI=1S/C12H12N2O3S/c1-8-6-9(12(16)17)2-3-10(8)14-11(15)7-18-5-4-13/h2-3,6H,5,7H2,1H3,(H,14,15)(H,16,17). The normalized spacial score (nSPS) is 9.56. The molecule has 0 atom stereocenters. The molecule has 0 saturated carbocycles. The first kappa shape index (κ1) is 14.1. The van der Waals surface area contributed by atoms with Crippen LogP contribution in [0, 0.1) is 18.3 Å². The topological polar surface area (TPSA) is 90.2 Å². The van der Waals surface area contributed by atoms with Gasteiger partial charge in [0, 0.05) is 5.69 Å². The summed E-state index contributed by atoms with van der Waals surface area (Å²) in [5.74, 6) is -0.736. The van der Waals surface area contributed by atoms with Crippen LogP contribution < -0.4 is 5.32 Å². The molecular weight excluding hydrogens is 252 g/mol. The van der Waals surface area contributed by atoms with Gasteiger partial charge >= 0.3 is 5.97 Å². The Morgan fingerprint density at radius 3 is 2.78 bits per heavy atom. The molecule has 0 fully saturated rings. The number of nitrogens with one attached hydrogen (secondary N) is 1. The number of benzene rings is 1. The van der Waals surface area contributed by atoms with Crippen LogP contribution in [0.25, 0.3) is 0 Å². The Kier molecular flexibility index (Phi) is 5.21. The number of hydrogen-bond donors (Lipinski definition) is 2. The van der Waals surface area contributed by atoms with Crippen LogP contribution in [-0.4, -0.2) is 28.5 Å². The SMILES string of the molecule is Cc1cc(C(=O)O)ccc1NC(=O)CSCC#N. The molecule has 6 heteroatoms. The van der Waals surface area contributed by atoms with E-state index in [0.29, 0.717) is 11.3 Å². The minimum absolute atomic E-state index is 0.185. The molecule has 18 heavy (non-hydrogen) atoms. The first-order chi connectivity index (χ1) is 8.54. The van der Waals surface area contributed by atoms with E-state index < -0.39 is 5.97 Å². The van der Waals surface area contributed by atoms with Crippen LogP contribution >= 0.6 is 11.8 Å². The number of nitriles is 1. The molecule has 1 amide bonds. The number of amides is 1. The van der Waals surface area contributed by atoms with E-state index in [2.05, 4.69) is 5.32 Å². The zero-order valence-electron chi connectivity index (χ0n) is 9.77. The Morgan fingerprint density at radius 2 is 2.22 bits per heavy atom. The molecular formula is C12H12N2O3S. The molecule has 0 aliphatic rings. The molecule has 0 aromatic heterocycles. The number of aromatic carboxylic acids is 1. The average molecular weight is 264 g/mol. The third kappa shape index (κ3) is 4.11. The molecule has 0 heterocycles. The summed E-state index contributed by atoms with van der Waals surface area (Å²) >= 11 is 1.23. The summed E-state index contributed by atoms with van der Waals surface area (Å²) in [5.41, 5.74) is 1.46. The average Bonchev–Trinajstić information content (AvgIpc) is 2.32. The number of aryl methyl sites for hydroxylation is 1. The largest absolute Gasteiger partial charge is 0.478 e. The van der Waals surface area contributed by atoms with Crippen molar-refractivity contribution in [2.45, 2.75) is 6.92 Å². The van der Waals surface area contributed by atoms with Gasteiger partial charge in [-0.15, -0.1) is 11.8 Å². The Morgan fingerprint density at radius 1 is 1.50 bits per heavy atom. The highest BCUT2D eigenvalue weighted by Gasteiger charge is 2.08. The number of thioether (sulfide) groups is 1. The lowest BCUT2D eigenvalue weighted by Crippen LogP contribution is -2.15. The summed E-state index contributed by atoms with van der Waals surface area (Å²) in [6.07, 6.45) is 0. The quantitative estimate of drug-likeness (QED) is 0.792. The van der Waals surface area contributed by atoms with E-state index in [4.69, 9.17) is 10.4 Å². The number of hydrogen-bond acceptors (Lipinski definition) is 4. The Hall–Kier alpha value is -2.00. The van der Waals surface area contributed by atoms with Gasteiger partial charge < -0.3 is 10.4 Å². The van der Waals surface area contributed by atoms with E-state index in [1.165, 1.54) is 23.9 Å². The summed E-state index contributed by atoms with van der Waals surface area (Å²) in [7, 11) is 0. The minimum atomic E-state index is -0.999. The molecule has 1 aromatic carbocycles. The highest BCUT2D eigenvalue weighted by molar-refractivity contribution is 8.00. The third-order valence-electron chi connectivity index (χ3n) is 2.15. The third-order valence-corrected chi connectivity index (χ3v) is 2.95. The molecule has 0 aliphatic heterocycles. The fraction of sp³-hybridized carbons (Fsp3) is 0.250. The van der Waals surface area contributed by atoms with Crippen molar-refractivity contribution < 1.29 is 14.7 Å². The van der Waals surface area contributed by atoms with Crippen LogP contribution in [0.4, 0.5) is 5.69 Å². The highest BCUT2D eigenvalue weighted by atomic mass is 32.2. The van der Waals surface area contributed by atoms with E-state index in [9.17, 15) is 9.59 Å². The molecule has 2 N–H and O–H groups in total. The molecule has 0 saturated heterocycles. The molecule has 94 valence electrons. The summed E-state index contributed by atoms with van der Waals surface area (Å²) in [5, 5.41) is 19.8. The fourth-order valence-electron chi connectivity index (χ4n) is 1.31. The van der Waals surface area contributed by atoms with E-state index in [1.807, 2.05) is 6.07 Å². The molecule has 0 bridgehead atoms. The second-order valence-electron chi connectivity index (χ2n) is 3.53. The van der Waals surface area contributed by atoms with Gasteiger partial charge in [-0.3, -0.25) is 4.79 Å². The van der Waals surface area contributed by atoms with Crippen molar-refractivity contribution in [2.24, 2.45) is 0 Å². The summed E-state index contributed by atoms with van der Waals surface area (Å²) in [6.45, 7) is 1.73. The first-order valence-corrected chi connectivity index (χ1v) is 6.28. The molecule has 0 unspecified atom stereocenters. The molecule has 1 aromatic rings. The van der Waals surface area contributed by atoms with E-state index in [0.717, 1.165) is 0 Å². The maximum atomic E-state index is 11.5. The summed E-state index contributed by atoms with van der Waals surface area (Å²) in [4.78, 5) is 22.2. The molecule has 5 nitrogen and oxygen atoms in total. The van der Waals surface area contributed by atoms with Crippen molar-refractivity contribution in [3.05, 3.63) is 29.3 Å². The van der Waals surface area contributed by atoms with Crippen molar-refractivity contribution in [3.63, 3.8) is 0 Å². The maximum absolute atomic E-state index is 11.5. The number of anilines is 1. The fourth-order valence-corrected chi connectivity index (χ4v) is 1.76. The van der Waals surface area contributed by atoms with Gasteiger partial charge in [0.15, 0.2) is 0 Å². The van der Waals surface area contributed by atoms with Gasteiger partial charge in [0.25, 0.3) is 0 Å². The Labute approximate surface area is 109 Å². The van der Waals surface area contributed by atoms with Gasteiger partial charge in [-0.1, -0.05) is 0 Å². The van der Waals surface area contributed by atoms with Gasteiger partial charge in [-0.25, -0.2) is 4.79 Å². The second-order valence-corrected chi connectivity index (χ2v) is 4.52. The van der Waals surface area contributed by atoms with Crippen molar-refractivity contribution in [1.82, 2.24) is 0 Å². The van der Waals surface area contributed by atoms with E-state index in [1.54, 1.807) is 13.0 Å². The van der Waals surface area contributed by atoms with Gasteiger partial charge in [0.05, 0.1) is 23.1 Å². The van der Waals surface area contributed by atoms with E-state index in [-0.39, 0.29) is 23.0 Å². The minimum Gasteiger partial charge on any atom is -0.478 e. The van der Waals surface area contributed by atoms with Gasteiger partial charge in [0.1, 0.15) is 0 Å². The number of nitrogens with zero attached hydrogens (tertiary/aromatic N) is 1. The van der Waals surface area contributed by atoms with Crippen molar-refractivity contribution >= 4 is 29.3 Å². The number of carboxylic acid groups (broad SMARTS) is 1. The lowest BCUT2D eigenvalue weighted by molar-refractivity contribution is -0.113. The van der Waals surface area contributed by atoms with Crippen molar-refractivity contribution in [3.8, 4) is 6.07 Å². The molecule has 0 radical (unpaired) electrons. The number of rotatable bonds is 5. The second kappa shape index (κ2) is 6.67. The highest BCUT2D eigenvalue weighted by Crippen LogP contribution is 2.17. The predicted molar refractivity (Wildman–Crippen MR) is 69.7 cm³/mol. The summed E-state index contributed by atoms with van der Waals surface area (Å²) in [6, 6.07) is 6.44. The first-order valence-electron chi connectivity index (χ1n) is 5.13. The van der Waals surface area contributed by atoms with Crippen LogP contribution in [-0.2, 0) is 4.79 Å². The van der Waals surface area contributed by atoms with Crippen molar-refractivity contribution in [1.29, 1.82) is 5.26 Å². The van der Waals surface area contributed by atoms with E-state index >= 15 is 0 Å². The van der Waals surface area contributed by atoms with Crippen LogP contribution in [0.2, 0.25) is 0 Å². The Balaban J connectivity index is 2.65. The number of carbonyl (C=O) groups is 2. The lowest BCUT2D eigenvalue weighted by Gasteiger charge is -2.08. The molecule has 0 aliphatic carbocycles. The zero-order chi connectivity index (χ0) is 13.5.